The van der Waals surface area contributed by atoms with Crippen molar-refractivity contribution in [3.63, 3.8) is 0 Å². The summed E-state index contributed by atoms with van der Waals surface area (Å²) in [6, 6.07) is 0. The number of aromatic nitrogens is 2. The Balaban J connectivity index is 2.80. The Morgan fingerprint density at radius 3 is 2.69 bits per heavy atom. The molecule has 0 N–H and O–H groups in total. The van der Waals surface area contributed by atoms with Gasteiger partial charge in [0.1, 0.15) is 5.92 Å². The Morgan fingerprint density at radius 2 is 2.19 bits per heavy atom. The Kier molecular flexibility index (Phi) is 3.95. The van der Waals surface area contributed by atoms with Gasteiger partial charge in [-0.05, 0) is 13.2 Å². The molecule has 1 aromatic rings. The molecule has 0 spiro atoms. The predicted molar refractivity (Wildman–Crippen MR) is 51.0 cm³/mol. The third kappa shape index (κ3) is 2.97. The molecule has 16 heavy (non-hydrogen) atoms. The van der Waals surface area contributed by atoms with Crippen LogP contribution in [0.25, 0.3) is 0 Å². The second kappa shape index (κ2) is 4.86. The highest BCUT2D eigenvalue weighted by molar-refractivity contribution is 7.97. The first-order chi connectivity index (χ1) is 7.36. The predicted octanol–water partition coefficient (Wildman–Crippen LogP) is 2.17. The molecule has 0 aliphatic rings. The SMILES string of the molecule is CSCc1noc(C(C)C(=O)C(F)(F)F)n1. The lowest BCUT2D eigenvalue weighted by atomic mass is 10.1. The van der Waals surface area contributed by atoms with Crippen LogP contribution in [0, 0.1) is 0 Å². The van der Waals surface area contributed by atoms with Crippen LogP contribution in [-0.4, -0.2) is 28.4 Å². The van der Waals surface area contributed by atoms with Gasteiger partial charge in [-0.15, -0.1) is 0 Å². The molecule has 4 nitrogen and oxygen atoms in total. The molecule has 0 radical (unpaired) electrons. The number of thioether (sulfide) groups is 1. The molecule has 0 aromatic carbocycles. The van der Waals surface area contributed by atoms with Crippen LogP contribution in [0.1, 0.15) is 24.6 Å². The van der Waals surface area contributed by atoms with Gasteiger partial charge in [-0.2, -0.15) is 29.9 Å². The molecule has 0 saturated heterocycles. The zero-order valence-electron chi connectivity index (χ0n) is 8.54. The first kappa shape index (κ1) is 13.0. The third-order valence-corrected chi connectivity index (χ3v) is 2.35. The molecule has 1 rings (SSSR count). The maximum Gasteiger partial charge on any atom is 0.450 e. The van der Waals surface area contributed by atoms with Gasteiger partial charge in [0, 0.05) is 0 Å². The molecule has 0 saturated carbocycles. The number of hydrogen-bond acceptors (Lipinski definition) is 5. The molecule has 1 aromatic heterocycles. The molecular formula is C8H9F3N2O2S. The maximum atomic E-state index is 12.1. The minimum absolute atomic E-state index is 0.282. The quantitative estimate of drug-likeness (QED) is 0.824. The van der Waals surface area contributed by atoms with Gasteiger partial charge in [0.05, 0.1) is 5.75 Å². The molecule has 90 valence electrons. The topological polar surface area (TPSA) is 56.0 Å². The third-order valence-electron chi connectivity index (χ3n) is 1.80. The van der Waals surface area contributed by atoms with Crippen LogP contribution in [-0.2, 0) is 10.5 Å². The van der Waals surface area contributed by atoms with E-state index in [1.165, 1.54) is 11.8 Å². The lowest BCUT2D eigenvalue weighted by Gasteiger charge is -2.07. The van der Waals surface area contributed by atoms with Crippen molar-refractivity contribution in [3.8, 4) is 0 Å². The zero-order chi connectivity index (χ0) is 12.3. The van der Waals surface area contributed by atoms with Crippen LogP contribution in [0.3, 0.4) is 0 Å². The lowest BCUT2D eigenvalue weighted by molar-refractivity contribution is -0.172. The number of Topliss-reactive ketones (excluding diaryl/α,β-unsaturated/α-hetero) is 1. The van der Waals surface area contributed by atoms with Crippen molar-refractivity contribution in [3.05, 3.63) is 11.7 Å². The van der Waals surface area contributed by atoms with Crippen LogP contribution in [0.4, 0.5) is 13.2 Å². The zero-order valence-corrected chi connectivity index (χ0v) is 9.35. The average molecular weight is 254 g/mol. The van der Waals surface area contributed by atoms with Crippen molar-refractivity contribution in [2.45, 2.75) is 24.8 Å². The summed E-state index contributed by atoms with van der Waals surface area (Å²) in [5.41, 5.74) is 0. The van der Waals surface area contributed by atoms with Gasteiger partial charge >= 0.3 is 6.18 Å². The van der Waals surface area contributed by atoms with Gasteiger partial charge in [-0.25, -0.2) is 0 Å². The Hall–Kier alpha value is -1.05. The first-order valence-electron chi connectivity index (χ1n) is 4.28. The van der Waals surface area contributed by atoms with Crippen LogP contribution in [0.15, 0.2) is 4.52 Å². The number of carbonyl (C=O) groups excluding carboxylic acids is 1. The van der Waals surface area contributed by atoms with Gasteiger partial charge in [-0.3, -0.25) is 4.79 Å². The number of nitrogens with zero attached hydrogens (tertiary/aromatic N) is 2. The van der Waals surface area contributed by atoms with E-state index in [2.05, 4.69) is 14.7 Å². The molecule has 0 aliphatic carbocycles. The van der Waals surface area contributed by atoms with E-state index < -0.39 is 17.9 Å². The van der Waals surface area contributed by atoms with Crippen molar-refractivity contribution in [1.82, 2.24) is 10.1 Å². The standard InChI is InChI=1S/C8H9F3N2O2S/c1-4(6(14)8(9,10)11)7-12-5(3-16-2)13-15-7/h4H,3H2,1-2H3. The minimum Gasteiger partial charge on any atom is -0.339 e. The Labute approximate surface area is 93.6 Å². The van der Waals surface area contributed by atoms with E-state index in [0.29, 0.717) is 5.75 Å². The number of ketones is 1. The summed E-state index contributed by atoms with van der Waals surface area (Å²) >= 11 is 1.40. The van der Waals surface area contributed by atoms with Gasteiger partial charge in [-0.1, -0.05) is 5.16 Å². The van der Waals surface area contributed by atoms with Crippen LogP contribution < -0.4 is 0 Å². The van der Waals surface area contributed by atoms with E-state index >= 15 is 0 Å². The largest absolute Gasteiger partial charge is 0.450 e. The number of rotatable bonds is 4. The fourth-order valence-corrected chi connectivity index (χ4v) is 1.36. The van der Waals surface area contributed by atoms with E-state index in [1.54, 1.807) is 6.26 Å². The van der Waals surface area contributed by atoms with E-state index in [4.69, 9.17) is 0 Å². The van der Waals surface area contributed by atoms with E-state index in [1.807, 2.05) is 0 Å². The van der Waals surface area contributed by atoms with Crippen molar-refractivity contribution in [2.24, 2.45) is 0 Å². The number of alkyl halides is 3. The maximum absolute atomic E-state index is 12.1. The molecule has 0 aliphatic heterocycles. The van der Waals surface area contributed by atoms with E-state index in [0.717, 1.165) is 6.92 Å². The molecule has 1 atom stereocenters. The first-order valence-corrected chi connectivity index (χ1v) is 5.68. The summed E-state index contributed by atoms with van der Waals surface area (Å²) in [5.74, 6) is -2.93. The molecule has 1 unspecified atom stereocenters. The van der Waals surface area contributed by atoms with Gasteiger partial charge in [0.15, 0.2) is 5.82 Å². The van der Waals surface area contributed by atoms with Crippen molar-refractivity contribution in [1.29, 1.82) is 0 Å². The molecule has 0 amide bonds. The highest BCUT2D eigenvalue weighted by Gasteiger charge is 2.43. The lowest BCUT2D eigenvalue weighted by Crippen LogP contribution is -2.27. The fourth-order valence-electron chi connectivity index (χ4n) is 0.989. The Bertz CT molecular complexity index is 378. The highest BCUT2D eigenvalue weighted by Crippen LogP contribution is 2.26. The molecule has 0 fully saturated rings. The highest BCUT2D eigenvalue weighted by atomic mass is 32.2. The smallest absolute Gasteiger partial charge is 0.339 e. The van der Waals surface area contributed by atoms with Crippen molar-refractivity contribution in [2.75, 3.05) is 6.26 Å². The van der Waals surface area contributed by atoms with E-state index in [-0.39, 0.29) is 11.7 Å². The Morgan fingerprint density at radius 1 is 1.56 bits per heavy atom. The summed E-state index contributed by atoms with van der Waals surface area (Å²) in [6.07, 6.45) is -3.09. The molecule has 8 heteroatoms. The molecule has 0 bridgehead atoms. The second-order valence-corrected chi connectivity index (χ2v) is 3.93. The van der Waals surface area contributed by atoms with Gasteiger partial charge in [0.25, 0.3) is 0 Å². The molecule has 1 heterocycles. The summed E-state index contributed by atoms with van der Waals surface area (Å²) in [5, 5.41) is 3.46. The summed E-state index contributed by atoms with van der Waals surface area (Å²) in [6.45, 7) is 1.09. The van der Waals surface area contributed by atoms with Gasteiger partial charge in [0.2, 0.25) is 11.7 Å². The minimum atomic E-state index is -4.88. The number of halogens is 3. The van der Waals surface area contributed by atoms with Crippen LogP contribution >= 0.6 is 11.8 Å². The van der Waals surface area contributed by atoms with E-state index in [9.17, 15) is 18.0 Å². The molecular weight excluding hydrogens is 245 g/mol. The normalized spacial score (nSPS) is 13.8. The van der Waals surface area contributed by atoms with Crippen molar-refractivity contribution < 1.29 is 22.5 Å². The number of carbonyl (C=O) groups is 1. The summed E-state index contributed by atoms with van der Waals surface area (Å²) < 4.78 is 40.9. The second-order valence-electron chi connectivity index (χ2n) is 3.07. The fraction of sp³-hybridized carbons (Fsp3) is 0.625. The van der Waals surface area contributed by atoms with Crippen LogP contribution in [0.5, 0.6) is 0 Å². The monoisotopic (exact) mass is 254 g/mol. The summed E-state index contributed by atoms with van der Waals surface area (Å²) in [7, 11) is 0. The average Bonchev–Trinajstić information content (AvgIpc) is 2.63. The number of hydrogen-bond donors (Lipinski definition) is 0. The summed E-state index contributed by atoms with van der Waals surface area (Å²) in [4.78, 5) is 14.6. The van der Waals surface area contributed by atoms with Gasteiger partial charge < -0.3 is 4.52 Å². The van der Waals surface area contributed by atoms with Crippen molar-refractivity contribution >= 4 is 17.5 Å². The van der Waals surface area contributed by atoms with Crippen LogP contribution in [0.2, 0.25) is 0 Å².